The Morgan fingerprint density at radius 2 is 1.95 bits per heavy atom. The van der Waals surface area contributed by atoms with Crippen molar-refractivity contribution in [1.82, 2.24) is 0 Å². The van der Waals surface area contributed by atoms with Gasteiger partial charge in [0.05, 0.1) is 11.5 Å². The van der Waals surface area contributed by atoms with E-state index in [1.54, 1.807) is 0 Å². The van der Waals surface area contributed by atoms with Crippen LogP contribution in [0.5, 0.6) is 0 Å². The van der Waals surface area contributed by atoms with Crippen LogP contribution in [0.4, 0.5) is 8.78 Å². The molecule has 0 amide bonds. The fourth-order valence-corrected chi connectivity index (χ4v) is 4.87. The third kappa shape index (κ3) is 2.96. The molecule has 0 spiro atoms. The highest BCUT2D eigenvalue weighted by Gasteiger charge is 2.59. The van der Waals surface area contributed by atoms with Crippen LogP contribution in [-0.4, -0.2) is 29.0 Å². The van der Waals surface area contributed by atoms with Gasteiger partial charge in [-0.2, -0.15) is 13.1 Å². The van der Waals surface area contributed by atoms with Gasteiger partial charge in [0.1, 0.15) is 12.0 Å². The smallest absolute Gasteiger partial charge is 0.354 e. The average molecular weight is 339 g/mol. The van der Waals surface area contributed by atoms with Crippen LogP contribution in [-0.2, 0) is 18.9 Å². The van der Waals surface area contributed by atoms with Gasteiger partial charge < -0.3 is 15.1 Å². The van der Waals surface area contributed by atoms with Crippen molar-refractivity contribution in [2.75, 3.05) is 6.61 Å². The van der Waals surface area contributed by atoms with Gasteiger partial charge in [0.2, 0.25) is 0 Å². The summed E-state index contributed by atoms with van der Waals surface area (Å²) in [5.74, 6) is -0.153. The second-order valence-electron chi connectivity index (χ2n) is 6.67. The molecule has 2 unspecified atom stereocenters. The van der Waals surface area contributed by atoms with E-state index in [1.807, 2.05) is 0 Å². The van der Waals surface area contributed by atoms with Gasteiger partial charge in [0, 0.05) is 0 Å². The SMILES string of the molecule is O=C(OCC(F)(F)SOO[O-])C12CC3CC(C1)C(O)C(C3)C2. The molecule has 4 aliphatic rings. The second-order valence-corrected chi connectivity index (χ2v) is 7.57. The van der Waals surface area contributed by atoms with Crippen molar-refractivity contribution >= 4 is 18.0 Å². The maximum atomic E-state index is 13.3. The molecule has 0 heterocycles. The molecular weight excluding hydrogens is 322 g/mol. The molecular formula is C13H17F2O6S-. The van der Waals surface area contributed by atoms with Crippen LogP contribution in [0, 0.1) is 23.2 Å². The molecule has 4 rings (SSSR count). The molecule has 4 fully saturated rings. The summed E-state index contributed by atoms with van der Waals surface area (Å²) >= 11 is -0.487. The Hall–Kier alpha value is -0.480. The van der Waals surface area contributed by atoms with E-state index >= 15 is 0 Å². The highest BCUT2D eigenvalue weighted by Crippen LogP contribution is 2.60. The number of ether oxygens (including phenoxy) is 1. The molecule has 4 saturated carbocycles. The third-order valence-electron chi connectivity index (χ3n) is 5.21. The number of aliphatic hydroxyl groups is 1. The lowest BCUT2D eigenvalue weighted by atomic mass is 9.48. The maximum absolute atomic E-state index is 13.3. The molecule has 4 aliphatic carbocycles. The predicted octanol–water partition coefficient (Wildman–Crippen LogP) is 1.18. The predicted molar refractivity (Wildman–Crippen MR) is 67.7 cm³/mol. The summed E-state index contributed by atoms with van der Waals surface area (Å²) < 4.78 is 35.0. The average Bonchev–Trinajstić information content (AvgIpc) is 2.47. The van der Waals surface area contributed by atoms with Gasteiger partial charge in [-0.05, 0) is 49.9 Å². The lowest BCUT2D eigenvalue weighted by Gasteiger charge is -2.57. The summed E-state index contributed by atoms with van der Waals surface area (Å²) in [6, 6.07) is 0. The molecule has 126 valence electrons. The molecule has 0 aromatic heterocycles. The van der Waals surface area contributed by atoms with E-state index in [4.69, 9.17) is 4.74 Å². The quantitative estimate of drug-likeness (QED) is 0.336. The van der Waals surface area contributed by atoms with Crippen LogP contribution in [0.25, 0.3) is 0 Å². The van der Waals surface area contributed by atoms with Gasteiger partial charge in [-0.1, -0.05) is 0 Å². The number of aliphatic hydroxyl groups excluding tert-OH is 1. The number of hydrogen-bond donors (Lipinski definition) is 1. The molecule has 1 N–H and O–H groups in total. The summed E-state index contributed by atoms with van der Waals surface area (Å²) in [7, 11) is 0. The van der Waals surface area contributed by atoms with Crippen molar-refractivity contribution in [2.45, 2.75) is 43.5 Å². The molecule has 0 aromatic carbocycles. The zero-order valence-electron chi connectivity index (χ0n) is 11.7. The highest BCUT2D eigenvalue weighted by molar-refractivity contribution is 7.95. The molecule has 0 radical (unpaired) electrons. The number of esters is 1. The molecule has 0 aliphatic heterocycles. The maximum Gasteiger partial charge on any atom is 0.354 e. The minimum atomic E-state index is -3.55. The Labute approximate surface area is 130 Å². The van der Waals surface area contributed by atoms with Crippen molar-refractivity contribution < 1.29 is 38.0 Å². The highest BCUT2D eigenvalue weighted by atomic mass is 32.2. The zero-order valence-corrected chi connectivity index (χ0v) is 12.5. The van der Waals surface area contributed by atoms with Gasteiger partial charge >= 0.3 is 11.2 Å². The van der Waals surface area contributed by atoms with Crippen molar-refractivity contribution in [1.29, 1.82) is 0 Å². The topological polar surface area (TPSA) is 88.1 Å². The van der Waals surface area contributed by atoms with E-state index in [-0.39, 0.29) is 11.8 Å². The van der Waals surface area contributed by atoms with Crippen molar-refractivity contribution in [3.63, 3.8) is 0 Å². The second kappa shape index (κ2) is 5.86. The number of hydrogen-bond acceptors (Lipinski definition) is 7. The van der Waals surface area contributed by atoms with Crippen LogP contribution in [0.1, 0.15) is 32.1 Å². The minimum absolute atomic E-state index is 0.0610. The fourth-order valence-electron chi connectivity index (χ4n) is 4.64. The standard InChI is InChI=1S/C13H18F2O6S/c14-13(15,22-21-20-18)6-19-11(17)12-3-7-1-8(4-12)10(16)9(2-7)5-12/h7-10,16,18H,1-6H2/p-1. The van der Waals surface area contributed by atoms with E-state index < -0.39 is 41.4 Å². The molecule has 6 nitrogen and oxygen atoms in total. The first-order valence-corrected chi connectivity index (χ1v) is 7.97. The molecule has 9 heteroatoms. The Balaban J connectivity index is 1.61. The van der Waals surface area contributed by atoms with Crippen molar-refractivity contribution in [3.8, 4) is 0 Å². The Bertz CT molecular complexity index is 432. The first kappa shape index (κ1) is 16.4. The first-order valence-electron chi connectivity index (χ1n) is 7.23. The van der Waals surface area contributed by atoms with E-state index in [2.05, 4.69) is 9.37 Å². The van der Waals surface area contributed by atoms with Crippen LogP contribution in [0.3, 0.4) is 0 Å². The van der Waals surface area contributed by atoms with Crippen LogP contribution in [0.15, 0.2) is 0 Å². The summed E-state index contributed by atoms with van der Waals surface area (Å²) in [4.78, 5) is 12.3. The summed E-state index contributed by atoms with van der Waals surface area (Å²) in [5, 5.41) is 19.0. The lowest BCUT2D eigenvalue weighted by Crippen LogP contribution is -2.56. The molecule has 0 saturated heterocycles. The van der Waals surface area contributed by atoms with Crippen molar-refractivity contribution in [2.24, 2.45) is 23.2 Å². The number of alkyl halides is 2. The van der Waals surface area contributed by atoms with E-state index in [9.17, 15) is 23.9 Å². The number of halogens is 2. The third-order valence-corrected chi connectivity index (χ3v) is 5.70. The van der Waals surface area contributed by atoms with E-state index in [0.29, 0.717) is 25.2 Å². The van der Waals surface area contributed by atoms with Crippen LogP contribution < -0.4 is 5.26 Å². The first-order chi connectivity index (χ1) is 10.4. The molecule has 22 heavy (non-hydrogen) atoms. The van der Waals surface area contributed by atoms with Gasteiger partial charge in [0.25, 0.3) is 0 Å². The van der Waals surface area contributed by atoms with Gasteiger partial charge in [0.15, 0.2) is 6.61 Å². The lowest BCUT2D eigenvalue weighted by molar-refractivity contribution is -0.777. The Morgan fingerprint density at radius 1 is 1.32 bits per heavy atom. The summed E-state index contributed by atoms with van der Waals surface area (Å²) in [6.07, 6.45) is 3.04. The Kier molecular flexibility index (Phi) is 4.36. The monoisotopic (exact) mass is 339 g/mol. The van der Waals surface area contributed by atoms with Gasteiger partial charge in [-0.25, -0.2) is 0 Å². The zero-order chi connectivity index (χ0) is 16.0. The van der Waals surface area contributed by atoms with Gasteiger partial charge in [-0.15, -0.1) is 0 Å². The van der Waals surface area contributed by atoms with Gasteiger partial charge in [-0.3, -0.25) is 9.83 Å². The molecule has 2 atom stereocenters. The van der Waals surface area contributed by atoms with E-state index in [0.717, 1.165) is 12.8 Å². The molecule has 4 bridgehead atoms. The number of rotatable bonds is 6. The van der Waals surface area contributed by atoms with Crippen LogP contribution >= 0.6 is 12.0 Å². The molecule has 0 aromatic rings. The van der Waals surface area contributed by atoms with E-state index in [1.165, 1.54) is 0 Å². The number of carbonyl (C=O) groups excluding carboxylic acids is 1. The summed E-state index contributed by atoms with van der Waals surface area (Å²) in [6.45, 7) is -1.18. The summed E-state index contributed by atoms with van der Waals surface area (Å²) in [5.41, 5.74) is -0.744. The minimum Gasteiger partial charge on any atom is -0.691 e. The normalized spacial score (nSPS) is 40.0. The fraction of sp³-hybridized carbons (Fsp3) is 0.923. The number of carbonyl (C=O) groups is 1. The van der Waals surface area contributed by atoms with Crippen molar-refractivity contribution in [3.05, 3.63) is 0 Å². The van der Waals surface area contributed by atoms with Crippen LogP contribution in [0.2, 0.25) is 0 Å². The Morgan fingerprint density at radius 3 is 2.55 bits per heavy atom. The largest absolute Gasteiger partial charge is 0.691 e.